The summed E-state index contributed by atoms with van der Waals surface area (Å²) in [6.07, 6.45) is 0.444. The number of nitrogens with one attached hydrogen (secondary N) is 1. The second kappa shape index (κ2) is 5.28. The van der Waals surface area contributed by atoms with Crippen molar-refractivity contribution >= 4 is 17.0 Å². The van der Waals surface area contributed by atoms with Crippen LogP contribution < -0.4 is 4.74 Å². The lowest BCUT2D eigenvalue weighted by Gasteiger charge is -2.03. The molecule has 5 heteroatoms. The monoisotopic (exact) mass is 282 g/mol. The summed E-state index contributed by atoms with van der Waals surface area (Å²) >= 11 is 0. The predicted octanol–water partition coefficient (Wildman–Crippen LogP) is 2.86. The molecule has 106 valence electrons. The van der Waals surface area contributed by atoms with Crippen LogP contribution in [0.5, 0.6) is 5.75 Å². The van der Waals surface area contributed by atoms with Crippen molar-refractivity contribution in [3.05, 3.63) is 59.4 Å². The van der Waals surface area contributed by atoms with Crippen LogP contribution in [0, 0.1) is 0 Å². The number of hydrogen-bond acceptors (Lipinski definition) is 3. The fourth-order valence-electron chi connectivity index (χ4n) is 2.32. The summed E-state index contributed by atoms with van der Waals surface area (Å²) in [7, 11) is 1.61. The fourth-order valence-corrected chi connectivity index (χ4v) is 2.32. The van der Waals surface area contributed by atoms with Crippen molar-refractivity contribution in [3.63, 3.8) is 0 Å². The number of aromatic nitrogens is 2. The molecule has 0 aliphatic heterocycles. The van der Waals surface area contributed by atoms with Crippen molar-refractivity contribution < 1.29 is 14.6 Å². The maximum absolute atomic E-state index is 11.2. The van der Waals surface area contributed by atoms with Crippen LogP contribution in [0.25, 0.3) is 11.0 Å². The number of imidazole rings is 1. The topological polar surface area (TPSA) is 75.2 Å². The first-order chi connectivity index (χ1) is 10.2. The van der Waals surface area contributed by atoms with Crippen LogP contribution in [0.15, 0.2) is 42.5 Å². The van der Waals surface area contributed by atoms with Crippen LogP contribution in [-0.4, -0.2) is 28.2 Å². The third-order valence-corrected chi connectivity index (χ3v) is 3.34. The van der Waals surface area contributed by atoms with Crippen molar-refractivity contribution in [1.29, 1.82) is 0 Å². The van der Waals surface area contributed by atoms with Gasteiger partial charge in [0, 0.05) is 12.5 Å². The Hall–Kier alpha value is -2.82. The van der Waals surface area contributed by atoms with Crippen molar-refractivity contribution in [2.45, 2.75) is 6.42 Å². The first-order valence-corrected chi connectivity index (χ1v) is 6.51. The van der Waals surface area contributed by atoms with Crippen molar-refractivity contribution in [2.75, 3.05) is 7.11 Å². The largest absolute Gasteiger partial charge is 0.497 e. The zero-order chi connectivity index (χ0) is 14.8. The molecule has 0 amide bonds. The molecular weight excluding hydrogens is 268 g/mol. The van der Waals surface area contributed by atoms with Crippen molar-refractivity contribution in [3.8, 4) is 5.75 Å². The van der Waals surface area contributed by atoms with Gasteiger partial charge >= 0.3 is 5.97 Å². The number of nitrogens with zero attached hydrogens (tertiary/aromatic N) is 1. The number of aromatic carboxylic acids is 1. The van der Waals surface area contributed by atoms with Crippen LogP contribution in [0.4, 0.5) is 0 Å². The average molecular weight is 282 g/mol. The predicted molar refractivity (Wildman–Crippen MR) is 78.9 cm³/mol. The maximum Gasteiger partial charge on any atom is 0.335 e. The molecule has 1 heterocycles. The fraction of sp³-hybridized carbons (Fsp3) is 0.125. The van der Waals surface area contributed by atoms with Crippen LogP contribution in [0.3, 0.4) is 0 Å². The molecule has 0 radical (unpaired) electrons. The summed E-state index contributed by atoms with van der Waals surface area (Å²) in [6.45, 7) is 0. The summed E-state index contributed by atoms with van der Waals surface area (Å²) in [5.41, 5.74) is 2.74. The number of carboxylic acid groups (broad SMARTS) is 1. The number of fused-ring (bicyclic) bond motifs is 1. The van der Waals surface area contributed by atoms with Gasteiger partial charge in [-0.05, 0) is 23.8 Å². The highest BCUT2D eigenvalue weighted by atomic mass is 16.5. The number of benzene rings is 2. The zero-order valence-corrected chi connectivity index (χ0v) is 11.5. The van der Waals surface area contributed by atoms with Crippen LogP contribution in [-0.2, 0) is 6.42 Å². The van der Waals surface area contributed by atoms with E-state index >= 15 is 0 Å². The molecule has 0 fully saturated rings. The highest BCUT2D eigenvalue weighted by molar-refractivity contribution is 5.89. The molecule has 2 aromatic carbocycles. The van der Waals surface area contributed by atoms with Gasteiger partial charge in [0.25, 0.3) is 0 Å². The van der Waals surface area contributed by atoms with Gasteiger partial charge in [0.2, 0.25) is 0 Å². The molecule has 0 atom stereocenters. The number of H-pyrrole nitrogens is 1. The van der Waals surface area contributed by atoms with Gasteiger partial charge in [-0.25, -0.2) is 9.78 Å². The van der Waals surface area contributed by atoms with E-state index in [0.717, 1.165) is 28.2 Å². The lowest BCUT2D eigenvalue weighted by Crippen LogP contribution is -2.03. The zero-order valence-electron chi connectivity index (χ0n) is 11.5. The molecule has 0 spiro atoms. The molecule has 0 saturated heterocycles. The Morgan fingerprint density at radius 3 is 2.86 bits per heavy atom. The molecule has 3 rings (SSSR count). The van der Waals surface area contributed by atoms with Crippen LogP contribution in [0.1, 0.15) is 21.7 Å². The normalized spacial score (nSPS) is 10.7. The Balaban J connectivity index is 1.97. The number of ether oxygens (including phenoxy) is 1. The Bertz CT molecular complexity index is 808. The first-order valence-electron chi connectivity index (χ1n) is 6.51. The second-order valence-corrected chi connectivity index (χ2v) is 4.71. The molecular formula is C16H14N2O3. The Kier molecular flexibility index (Phi) is 3.31. The standard InChI is InChI=1S/C16H14N2O3/c1-21-11-6-7-13-14(9-11)18-15(17-13)8-10-4-2-3-5-12(10)16(19)20/h2-7,9H,8H2,1H3,(H,17,18)(H,19,20). The Morgan fingerprint density at radius 2 is 2.10 bits per heavy atom. The summed E-state index contributed by atoms with van der Waals surface area (Å²) in [6, 6.07) is 12.5. The van der Waals surface area contributed by atoms with Crippen LogP contribution >= 0.6 is 0 Å². The van der Waals surface area contributed by atoms with E-state index in [2.05, 4.69) is 9.97 Å². The van der Waals surface area contributed by atoms with Gasteiger partial charge < -0.3 is 14.8 Å². The van der Waals surface area contributed by atoms with Gasteiger partial charge in [-0.15, -0.1) is 0 Å². The SMILES string of the molecule is COc1ccc2nc(Cc3ccccc3C(=O)O)[nH]c2c1. The number of aromatic amines is 1. The van der Waals surface area contributed by atoms with E-state index in [0.29, 0.717) is 12.0 Å². The van der Waals surface area contributed by atoms with E-state index in [9.17, 15) is 9.90 Å². The molecule has 0 unspecified atom stereocenters. The van der Waals surface area contributed by atoms with Gasteiger partial charge in [0.1, 0.15) is 11.6 Å². The minimum Gasteiger partial charge on any atom is -0.497 e. The summed E-state index contributed by atoms with van der Waals surface area (Å²) in [4.78, 5) is 18.9. The smallest absolute Gasteiger partial charge is 0.335 e. The molecule has 21 heavy (non-hydrogen) atoms. The van der Waals surface area contributed by atoms with E-state index in [1.165, 1.54) is 0 Å². The van der Waals surface area contributed by atoms with E-state index in [1.807, 2.05) is 24.3 Å². The van der Waals surface area contributed by atoms with Gasteiger partial charge in [-0.1, -0.05) is 18.2 Å². The molecule has 0 bridgehead atoms. The van der Waals surface area contributed by atoms with E-state index < -0.39 is 5.97 Å². The third kappa shape index (κ3) is 2.58. The summed E-state index contributed by atoms with van der Waals surface area (Å²) in [5.74, 6) is 0.555. The third-order valence-electron chi connectivity index (χ3n) is 3.34. The highest BCUT2D eigenvalue weighted by Crippen LogP contribution is 2.20. The molecule has 0 saturated carbocycles. The lowest BCUT2D eigenvalue weighted by atomic mass is 10.0. The molecule has 1 aromatic heterocycles. The van der Waals surface area contributed by atoms with E-state index in [4.69, 9.17) is 4.74 Å². The number of rotatable bonds is 4. The summed E-state index contributed by atoms with van der Waals surface area (Å²) in [5, 5.41) is 9.20. The van der Waals surface area contributed by atoms with Crippen molar-refractivity contribution in [2.24, 2.45) is 0 Å². The van der Waals surface area contributed by atoms with Gasteiger partial charge in [0.15, 0.2) is 0 Å². The number of carbonyl (C=O) groups is 1. The highest BCUT2D eigenvalue weighted by Gasteiger charge is 2.11. The lowest BCUT2D eigenvalue weighted by molar-refractivity contribution is 0.0696. The second-order valence-electron chi connectivity index (χ2n) is 4.71. The quantitative estimate of drug-likeness (QED) is 0.771. The van der Waals surface area contributed by atoms with Gasteiger partial charge in [-0.3, -0.25) is 0 Å². The van der Waals surface area contributed by atoms with Gasteiger partial charge in [0.05, 0.1) is 23.7 Å². The first kappa shape index (κ1) is 13.2. The maximum atomic E-state index is 11.2. The number of methoxy groups -OCH3 is 1. The summed E-state index contributed by atoms with van der Waals surface area (Å²) < 4.78 is 5.17. The molecule has 0 aliphatic rings. The Labute approximate surface area is 121 Å². The van der Waals surface area contributed by atoms with E-state index in [-0.39, 0.29) is 0 Å². The number of carboxylic acids is 1. The average Bonchev–Trinajstić information content (AvgIpc) is 2.88. The molecule has 5 nitrogen and oxygen atoms in total. The molecule has 0 aliphatic carbocycles. The minimum absolute atomic E-state index is 0.301. The van der Waals surface area contributed by atoms with E-state index in [1.54, 1.807) is 25.3 Å². The van der Waals surface area contributed by atoms with Crippen molar-refractivity contribution in [1.82, 2.24) is 9.97 Å². The minimum atomic E-state index is -0.927. The Morgan fingerprint density at radius 1 is 1.29 bits per heavy atom. The van der Waals surface area contributed by atoms with Crippen LogP contribution in [0.2, 0.25) is 0 Å². The molecule has 3 aromatic rings. The molecule has 2 N–H and O–H groups in total. The van der Waals surface area contributed by atoms with Gasteiger partial charge in [-0.2, -0.15) is 0 Å². The number of hydrogen-bond donors (Lipinski definition) is 2.